The first-order valence-corrected chi connectivity index (χ1v) is 11.3. The van der Waals surface area contributed by atoms with Crippen LogP contribution in [0.2, 0.25) is 18.1 Å². The summed E-state index contributed by atoms with van der Waals surface area (Å²) in [5.41, 5.74) is 1.27. The van der Waals surface area contributed by atoms with Crippen molar-refractivity contribution < 1.29 is 9.16 Å². The summed E-state index contributed by atoms with van der Waals surface area (Å²) in [7, 11) is -1.70. The van der Waals surface area contributed by atoms with Crippen LogP contribution in [0.4, 0.5) is 0 Å². The van der Waals surface area contributed by atoms with Crippen molar-refractivity contribution in [2.75, 3.05) is 6.61 Å². The largest absolute Gasteiger partial charge is 0.414 e. The summed E-state index contributed by atoms with van der Waals surface area (Å²) < 4.78 is 12.1. The van der Waals surface area contributed by atoms with Gasteiger partial charge < -0.3 is 14.5 Å². The van der Waals surface area contributed by atoms with Crippen molar-refractivity contribution in [3.8, 4) is 0 Å². The van der Waals surface area contributed by atoms with Crippen molar-refractivity contribution >= 4 is 8.32 Å². The molecule has 2 rings (SSSR count). The molecule has 1 aliphatic heterocycles. The molecular weight excluding hydrogens is 302 g/mol. The van der Waals surface area contributed by atoms with Crippen LogP contribution in [0.15, 0.2) is 43.0 Å². The molecule has 3 nitrogen and oxygen atoms in total. The molecule has 4 heteroatoms. The van der Waals surface area contributed by atoms with Gasteiger partial charge in [0.25, 0.3) is 0 Å². The molecule has 128 valence electrons. The van der Waals surface area contributed by atoms with Gasteiger partial charge in [-0.05, 0) is 23.7 Å². The number of nitrogens with one attached hydrogen (secondary N) is 1. The van der Waals surface area contributed by atoms with Crippen LogP contribution in [-0.4, -0.2) is 33.2 Å². The molecule has 0 bridgehead atoms. The Hall–Kier alpha value is -0.943. The van der Waals surface area contributed by atoms with Crippen molar-refractivity contribution in [3.05, 3.63) is 48.6 Å². The minimum atomic E-state index is -1.70. The SMILES string of the molecule is C=C[C@@H](NCc1ccccc1)[C@H]1O[C@@H]1CO[Si](C)(C)C(C)(C)C. The van der Waals surface area contributed by atoms with Gasteiger partial charge in [-0.3, -0.25) is 0 Å². The second-order valence-corrected chi connectivity index (χ2v) is 12.6. The van der Waals surface area contributed by atoms with E-state index in [2.05, 4.69) is 70.0 Å². The van der Waals surface area contributed by atoms with Crippen molar-refractivity contribution in [1.29, 1.82) is 0 Å². The zero-order chi connectivity index (χ0) is 17.1. The molecule has 1 fully saturated rings. The number of hydrogen-bond acceptors (Lipinski definition) is 3. The van der Waals surface area contributed by atoms with Crippen molar-refractivity contribution in [3.63, 3.8) is 0 Å². The summed E-state index contributed by atoms with van der Waals surface area (Å²) in [4.78, 5) is 0. The first-order chi connectivity index (χ1) is 10.7. The smallest absolute Gasteiger partial charge is 0.192 e. The van der Waals surface area contributed by atoms with E-state index in [1.807, 2.05) is 12.1 Å². The Bertz CT molecular complexity index is 510. The van der Waals surface area contributed by atoms with Gasteiger partial charge in [-0.2, -0.15) is 0 Å². The fourth-order valence-corrected chi connectivity index (χ4v) is 3.29. The molecule has 0 aliphatic carbocycles. The van der Waals surface area contributed by atoms with E-state index < -0.39 is 8.32 Å². The third-order valence-electron chi connectivity index (χ3n) is 5.03. The highest BCUT2D eigenvalue weighted by Crippen LogP contribution is 2.38. The van der Waals surface area contributed by atoms with E-state index in [0.29, 0.717) is 6.61 Å². The number of ether oxygens (including phenoxy) is 1. The van der Waals surface area contributed by atoms with Gasteiger partial charge in [0.15, 0.2) is 8.32 Å². The minimum Gasteiger partial charge on any atom is -0.414 e. The van der Waals surface area contributed by atoms with Gasteiger partial charge in [0.05, 0.1) is 12.6 Å². The Balaban J connectivity index is 1.78. The van der Waals surface area contributed by atoms with E-state index >= 15 is 0 Å². The highest BCUT2D eigenvalue weighted by atomic mass is 28.4. The van der Waals surface area contributed by atoms with Gasteiger partial charge in [0.2, 0.25) is 0 Å². The molecule has 23 heavy (non-hydrogen) atoms. The molecule has 1 aliphatic rings. The third-order valence-corrected chi connectivity index (χ3v) is 9.53. The molecule has 1 heterocycles. The zero-order valence-corrected chi connectivity index (χ0v) is 16.1. The summed E-state index contributed by atoms with van der Waals surface area (Å²) in [6, 6.07) is 10.6. The fourth-order valence-electron chi connectivity index (χ4n) is 2.28. The maximum Gasteiger partial charge on any atom is 0.192 e. The van der Waals surface area contributed by atoms with Crippen LogP contribution in [0.25, 0.3) is 0 Å². The highest BCUT2D eigenvalue weighted by molar-refractivity contribution is 6.74. The molecule has 1 aromatic rings. The highest BCUT2D eigenvalue weighted by Gasteiger charge is 2.46. The van der Waals surface area contributed by atoms with Gasteiger partial charge in [0, 0.05) is 6.54 Å². The Morgan fingerprint density at radius 2 is 1.96 bits per heavy atom. The molecule has 0 amide bonds. The maximum absolute atomic E-state index is 6.26. The minimum absolute atomic E-state index is 0.170. The van der Waals surface area contributed by atoms with Gasteiger partial charge >= 0.3 is 0 Å². The Morgan fingerprint density at radius 3 is 2.52 bits per heavy atom. The van der Waals surface area contributed by atoms with E-state index in [1.54, 1.807) is 0 Å². The predicted octanol–water partition coefficient (Wildman–Crippen LogP) is 4.12. The molecular formula is C19H31NO2Si. The lowest BCUT2D eigenvalue weighted by Crippen LogP contribution is -2.42. The first-order valence-electron chi connectivity index (χ1n) is 8.44. The van der Waals surface area contributed by atoms with Crippen LogP contribution >= 0.6 is 0 Å². The van der Waals surface area contributed by atoms with Crippen LogP contribution in [0.3, 0.4) is 0 Å². The van der Waals surface area contributed by atoms with E-state index in [0.717, 1.165) is 6.54 Å². The Labute approximate surface area is 142 Å². The van der Waals surface area contributed by atoms with E-state index in [-0.39, 0.29) is 23.3 Å². The number of epoxide rings is 1. The van der Waals surface area contributed by atoms with Crippen LogP contribution in [0, 0.1) is 0 Å². The van der Waals surface area contributed by atoms with Crippen molar-refractivity contribution in [2.24, 2.45) is 0 Å². The van der Waals surface area contributed by atoms with Crippen molar-refractivity contribution in [1.82, 2.24) is 5.32 Å². The molecule has 0 saturated carbocycles. The molecule has 0 spiro atoms. The standard InChI is InChI=1S/C19H31NO2Si/c1-7-16(20-13-15-11-9-8-10-12-15)18-17(22-18)14-21-23(5,6)19(2,3)4/h7-12,16-18,20H,1,13-14H2,2-6H3/t16-,17-,18-/m1/s1. The molecule has 0 aromatic heterocycles. The van der Waals surface area contributed by atoms with Crippen LogP contribution in [0.5, 0.6) is 0 Å². The van der Waals surface area contributed by atoms with Gasteiger partial charge in [-0.1, -0.05) is 57.2 Å². The van der Waals surface area contributed by atoms with Crippen molar-refractivity contribution in [2.45, 2.75) is 63.7 Å². The van der Waals surface area contributed by atoms with Gasteiger partial charge in [0.1, 0.15) is 12.2 Å². The average Bonchev–Trinajstić information content (AvgIpc) is 3.25. The third kappa shape index (κ3) is 5.01. The number of rotatable bonds is 8. The molecule has 0 radical (unpaired) electrons. The molecule has 1 saturated heterocycles. The van der Waals surface area contributed by atoms with Crippen LogP contribution in [0.1, 0.15) is 26.3 Å². The predicted molar refractivity (Wildman–Crippen MR) is 99.1 cm³/mol. The molecule has 3 atom stereocenters. The van der Waals surface area contributed by atoms with E-state index in [4.69, 9.17) is 9.16 Å². The van der Waals surface area contributed by atoms with Gasteiger partial charge in [-0.25, -0.2) is 0 Å². The monoisotopic (exact) mass is 333 g/mol. The summed E-state index contributed by atoms with van der Waals surface area (Å²) in [6.07, 6.45) is 2.32. The lowest BCUT2D eigenvalue weighted by atomic mass is 10.1. The number of hydrogen-bond donors (Lipinski definition) is 1. The molecule has 0 unspecified atom stereocenters. The molecule has 1 aromatic carbocycles. The quantitative estimate of drug-likeness (QED) is 0.441. The second-order valence-electron chi connectivity index (χ2n) is 7.84. The first kappa shape index (κ1) is 18.4. The maximum atomic E-state index is 6.26. The summed E-state index contributed by atoms with van der Waals surface area (Å²) in [5.74, 6) is 0. The Kier molecular flexibility index (Phi) is 5.84. The summed E-state index contributed by atoms with van der Waals surface area (Å²) in [5, 5.41) is 3.75. The fraction of sp³-hybridized carbons (Fsp3) is 0.579. The topological polar surface area (TPSA) is 33.8 Å². The van der Waals surface area contributed by atoms with E-state index in [9.17, 15) is 0 Å². The zero-order valence-electron chi connectivity index (χ0n) is 15.1. The summed E-state index contributed by atoms with van der Waals surface area (Å²) in [6.45, 7) is 16.8. The average molecular weight is 334 g/mol. The lowest BCUT2D eigenvalue weighted by Gasteiger charge is -2.36. The normalized spacial score (nSPS) is 22.7. The van der Waals surface area contributed by atoms with Crippen LogP contribution < -0.4 is 5.32 Å². The van der Waals surface area contributed by atoms with E-state index in [1.165, 1.54) is 5.56 Å². The van der Waals surface area contributed by atoms with Crippen LogP contribution in [-0.2, 0) is 15.7 Å². The molecule has 1 N–H and O–H groups in total. The summed E-state index contributed by atoms with van der Waals surface area (Å²) >= 11 is 0. The number of benzene rings is 1. The Morgan fingerprint density at radius 1 is 1.30 bits per heavy atom. The van der Waals surface area contributed by atoms with Gasteiger partial charge in [-0.15, -0.1) is 6.58 Å². The lowest BCUT2D eigenvalue weighted by molar-refractivity contribution is 0.240. The second kappa shape index (κ2) is 7.30.